The maximum Gasteiger partial charge on any atom is 0.127 e. The van der Waals surface area contributed by atoms with Gasteiger partial charge >= 0.3 is 0 Å². The van der Waals surface area contributed by atoms with Gasteiger partial charge in [-0.2, -0.15) is 0 Å². The molecule has 0 saturated heterocycles. The van der Waals surface area contributed by atoms with Crippen molar-refractivity contribution in [3.8, 4) is 46.0 Å². The predicted octanol–water partition coefficient (Wildman–Crippen LogP) is 24.7. The molecule has 438 valence electrons. The van der Waals surface area contributed by atoms with Crippen molar-refractivity contribution >= 4 is 102 Å². The second-order valence-electron chi connectivity index (χ2n) is 22.3. The van der Waals surface area contributed by atoms with E-state index in [0.29, 0.717) is 0 Å². The number of rotatable bonds is 18. The maximum absolute atomic E-state index is 6.29. The highest BCUT2D eigenvalue weighted by Crippen LogP contribution is 2.49. The zero-order valence-electron chi connectivity index (χ0n) is 50.2. The lowest BCUT2D eigenvalue weighted by molar-refractivity contribution is 0.482. The first-order chi connectivity index (χ1) is 45.6. The van der Waals surface area contributed by atoms with Gasteiger partial charge in [0.2, 0.25) is 0 Å². The van der Waals surface area contributed by atoms with E-state index in [1.54, 1.807) is 0 Å². The van der Waals surface area contributed by atoms with Gasteiger partial charge in [-0.25, -0.2) is 0 Å². The maximum atomic E-state index is 6.29. The standard InChI is InChI=1S/C86H60N2O4/c1-5-21-67(22-6-1)89-71-51-43-63(44-52-71)87(64-45-53-72(54-46-64)90-68-23-7-2-8-24-68)85-81-33-17-13-29-75(81)79(76-30-14-18-34-82(76)85)59-41-61-37-39-62(40-38-61)42-60-80-77-31-15-19-35-83(77)86(84-36-20-16-32-78(80)84)88(65-47-55-73(56-48-65)91-69-25-9-3-10-26-69)66-49-57-74(58-50-66)92-70-27-11-4-12-28-70/h1-60H. The van der Waals surface area contributed by atoms with Gasteiger partial charge < -0.3 is 28.7 Å². The second kappa shape index (κ2) is 25.8. The molecular weight excluding hydrogens is 1120 g/mol. The lowest BCUT2D eigenvalue weighted by atomic mass is 9.92. The van der Waals surface area contributed by atoms with Crippen molar-refractivity contribution in [2.75, 3.05) is 9.80 Å². The van der Waals surface area contributed by atoms with E-state index in [9.17, 15) is 0 Å². The smallest absolute Gasteiger partial charge is 0.127 e. The van der Waals surface area contributed by atoms with Crippen LogP contribution in [0.15, 0.2) is 340 Å². The minimum Gasteiger partial charge on any atom is -0.457 e. The summed E-state index contributed by atoms with van der Waals surface area (Å²) in [6.07, 6.45) is 9.01. The molecule has 0 aliphatic carbocycles. The lowest BCUT2D eigenvalue weighted by Crippen LogP contribution is -2.11. The molecule has 92 heavy (non-hydrogen) atoms. The quantitative estimate of drug-likeness (QED) is 0.0630. The van der Waals surface area contributed by atoms with Gasteiger partial charge in [-0.1, -0.05) is 218 Å². The van der Waals surface area contributed by atoms with Gasteiger partial charge in [0.1, 0.15) is 46.0 Å². The summed E-state index contributed by atoms with van der Waals surface area (Å²) in [7, 11) is 0. The molecule has 0 heterocycles. The highest BCUT2D eigenvalue weighted by Gasteiger charge is 2.24. The summed E-state index contributed by atoms with van der Waals surface area (Å²) in [5, 5.41) is 9.03. The van der Waals surface area contributed by atoms with Crippen molar-refractivity contribution in [1.29, 1.82) is 0 Å². The Labute approximate surface area is 535 Å². The van der Waals surface area contributed by atoms with E-state index in [1.807, 2.05) is 170 Å². The number of fused-ring (bicyclic) bond motifs is 4. The predicted molar refractivity (Wildman–Crippen MR) is 383 cm³/mol. The summed E-state index contributed by atoms with van der Waals surface area (Å²) in [5.41, 5.74) is 10.6. The third-order valence-electron chi connectivity index (χ3n) is 16.5. The fraction of sp³-hybridized carbons (Fsp3) is 0. The van der Waals surface area contributed by atoms with E-state index < -0.39 is 0 Å². The number of ether oxygens (including phenoxy) is 4. The largest absolute Gasteiger partial charge is 0.457 e. The molecule has 0 amide bonds. The van der Waals surface area contributed by atoms with Crippen molar-refractivity contribution in [1.82, 2.24) is 0 Å². The lowest BCUT2D eigenvalue weighted by Gasteiger charge is -2.29. The van der Waals surface area contributed by atoms with Crippen LogP contribution < -0.4 is 28.7 Å². The third kappa shape index (κ3) is 11.9. The van der Waals surface area contributed by atoms with Crippen molar-refractivity contribution in [3.63, 3.8) is 0 Å². The molecule has 0 unspecified atom stereocenters. The molecule has 0 N–H and O–H groups in total. The molecular formula is C86H60N2O4. The van der Waals surface area contributed by atoms with Crippen LogP contribution in [-0.2, 0) is 0 Å². The van der Waals surface area contributed by atoms with Gasteiger partial charge in [-0.15, -0.1) is 0 Å². The molecule has 0 radical (unpaired) electrons. The van der Waals surface area contributed by atoms with Crippen LogP contribution in [-0.4, -0.2) is 0 Å². The molecule has 0 atom stereocenters. The number of anilines is 6. The van der Waals surface area contributed by atoms with Gasteiger partial charge in [0.15, 0.2) is 0 Å². The number of para-hydroxylation sites is 4. The summed E-state index contributed by atoms with van der Waals surface area (Å²) in [6.45, 7) is 0. The molecule has 0 saturated carbocycles. The number of hydrogen-bond acceptors (Lipinski definition) is 6. The monoisotopic (exact) mass is 1180 g/mol. The molecule has 0 bridgehead atoms. The Hall–Kier alpha value is -12.4. The molecule has 0 fully saturated rings. The number of nitrogens with zero attached hydrogens (tertiary/aromatic N) is 2. The Morgan fingerprint density at radius 2 is 0.370 bits per heavy atom. The van der Waals surface area contributed by atoms with E-state index in [0.717, 1.165) is 145 Å². The average molecular weight is 1190 g/mol. The summed E-state index contributed by atoms with van der Waals surface area (Å²) < 4.78 is 25.2. The van der Waals surface area contributed by atoms with Crippen LogP contribution in [0.4, 0.5) is 34.1 Å². The molecule has 15 rings (SSSR count). The zero-order chi connectivity index (χ0) is 61.4. The number of hydrogen-bond donors (Lipinski definition) is 0. The molecule has 15 aromatic rings. The molecule has 0 aromatic heterocycles. The highest BCUT2D eigenvalue weighted by atomic mass is 16.5. The van der Waals surface area contributed by atoms with Crippen LogP contribution in [0, 0.1) is 0 Å². The summed E-state index contributed by atoms with van der Waals surface area (Å²) in [4.78, 5) is 4.70. The van der Waals surface area contributed by atoms with E-state index in [2.05, 4.69) is 204 Å². The van der Waals surface area contributed by atoms with Crippen molar-refractivity contribution in [3.05, 3.63) is 362 Å². The molecule has 0 spiro atoms. The Morgan fingerprint density at radius 3 is 0.598 bits per heavy atom. The molecule has 6 heteroatoms. The van der Waals surface area contributed by atoms with E-state index in [1.165, 1.54) is 0 Å². The fourth-order valence-electron chi connectivity index (χ4n) is 12.2. The zero-order valence-corrected chi connectivity index (χ0v) is 50.2. The van der Waals surface area contributed by atoms with Crippen molar-refractivity contribution < 1.29 is 18.9 Å². The van der Waals surface area contributed by atoms with Crippen LogP contribution in [0.2, 0.25) is 0 Å². The molecule has 15 aromatic carbocycles. The number of benzene rings is 15. The highest BCUT2D eigenvalue weighted by molar-refractivity contribution is 6.21. The van der Waals surface area contributed by atoms with E-state index in [4.69, 9.17) is 18.9 Å². The van der Waals surface area contributed by atoms with Crippen LogP contribution >= 0.6 is 0 Å². The van der Waals surface area contributed by atoms with E-state index >= 15 is 0 Å². The Kier molecular flexibility index (Phi) is 15.7. The topological polar surface area (TPSA) is 43.4 Å². The first-order valence-electron chi connectivity index (χ1n) is 30.9. The Morgan fingerprint density at radius 1 is 0.174 bits per heavy atom. The SMILES string of the molecule is C(=Cc1c2ccccc2c(N(c2ccc(Oc3ccccc3)cc2)c2ccc(Oc3ccccc3)cc2)c2ccccc12)c1ccc(C=Cc2c3ccccc3c(N(c3ccc(Oc4ccccc4)cc3)c3ccc(Oc4ccccc4)cc3)c3ccccc23)cc1. The Balaban J connectivity index is 0.761. The second-order valence-corrected chi connectivity index (χ2v) is 22.3. The van der Waals surface area contributed by atoms with Gasteiger partial charge in [0.05, 0.1) is 11.4 Å². The molecule has 6 nitrogen and oxygen atoms in total. The van der Waals surface area contributed by atoms with Crippen LogP contribution in [0.3, 0.4) is 0 Å². The molecule has 0 aliphatic heterocycles. The van der Waals surface area contributed by atoms with E-state index in [-0.39, 0.29) is 0 Å². The normalized spacial score (nSPS) is 11.4. The minimum atomic E-state index is 0.755. The van der Waals surface area contributed by atoms with Gasteiger partial charge in [0.25, 0.3) is 0 Å². The summed E-state index contributed by atoms with van der Waals surface area (Å²) in [5.74, 6) is 6.16. The first-order valence-corrected chi connectivity index (χ1v) is 30.9. The Bertz CT molecular complexity index is 4490. The van der Waals surface area contributed by atoms with Gasteiger partial charge in [-0.05, 0) is 189 Å². The first kappa shape index (κ1) is 56.2. The van der Waals surface area contributed by atoms with Crippen LogP contribution in [0.1, 0.15) is 22.3 Å². The summed E-state index contributed by atoms with van der Waals surface area (Å²) in [6, 6.07) is 117. The van der Waals surface area contributed by atoms with Crippen LogP contribution in [0.25, 0.3) is 67.4 Å². The van der Waals surface area contributed by atoms with Crippen LogP contribution in [0.5, 0.6) is 46.0 Å². The molecule has 0 aliphatic rings. The minimum absolute atomic E-state index is 0.755. The van der Waals surface area contributed by atoms with Crippen molar-refractivity contribution in [2.45, 2.75) is 0 Å². The van der Waals surface area contributed by atoms with Gasteiger partial charge in [0, 0.05) is 44.3 Å². The van der Waals surface area contributed by atoms with Gasteiger partial charge in [-0.3, -0.25) is 0 Å². The fourth-order valence-corrected chi connectivity index (χ4v) is 12.2. The average Bonchev–Trinajstić information content (AvgIpc) is 0.759. The summed E-state index contributed by atoms with van der Waals surface area (Å²) >= 11 is 0. The third-order valence-corrected chi connectivity index (χ3v) is 16.5. The van der Waals surface area contributed by atoms with Crippen molar-refractivity contribution in [2.24, 2.45) is 0 Å².